The molecule has 1 fully saturated rings. The van der Waals surface area contributed by atoms with Crippen molar-refractivity contribution in [2.45, 2.75) is 24.5 Å². The maximum absolute atomic E-state index is 13.2. The first kappa shape index (κ1) is 12.9. The van der Waals surface area contributed by atoms with E-state index in [9.17, 15) is 19.4 Å². The number of aliphatic hydroxyl groups excluding tert-OH is 3. The Labute approximate surface area is 100 Å². The molecule has 0 radical (unpaired) electrons. The van der Waals surface area contributed by atoms with Gasteiger partial charge in [-0.3, -0.25) is 4.57 Å². The lowest BCUT2D eigenvalue weighted by molar-refractivity contribution is -0.0553. The van der Waals surface area contributed by atoms with E-state index in [-0.39, 0.29) is 0 Å². The standard InChI is InChI=1S/C9H12FN3O5/c10-3-1-13(9(17)12-7(3)11)8-6(16)5(15)4(2-14)18-8/h1,4-6,8,14-16H,2H2,(H2,11,12,17)/t4-,5-,6+,8?/m0/s1. The van der Waals surface area contributed by atoms with E-state index in [2.05, 4.69) is 4.98 Å². The van der Waals surface area contributed by atoms with E-state index in [1.165, 1.54) is 0 Å². The summed E-state index contributed by atoms with van der Waals surface area (Å²) in [4.78, 5) is 14.7. The largest absolute Gasteiger partial charge is 0.394 e. The summed E-state index contributed by atoms with van der Waals surface area (Å²) in [7, 11) is 0. The van der Waals surface area contributed by atoms with Crippen LogP contribution in [0.2, 0.25) is 0 Å². The van der Waals surface area contributed by atoms with Gasteiger partial charge in [-0.15, -0.1) is 0 Å². The molecule has 1 saturated heterocycles. The molecule has 1 unspecified atom stereocenters. The Morgan fingerprint density at radius 2 is 2.17 bits per heavy atom. The Morgan fingerprint density at radius 1 is 1.50 bits per heavy atom. The van der Waals surface area contributed by atoms with Crippen molar-refractivity contribution < 1.29 is 24.4 Å². The lowest BCUT2D eigenvalue weighted by atomic mass is 10.1. The van der Waals surface area contributed by atoms with Crippen molar-refractivity contribution in [3.8, 4) is 0 Å². The van der Waals surface area contributed by atoms with E-state index in [1.807, 2.05) is 0 Å². The molecule has 2 rings (SSSR count). The van der Waals surface area contributed by atoms with E-state index in [1.54, 1.807) is 0 Å². The summed E-state index contributed by atoms with van der Waals surface area (Å²) in [5.41, 5.74) is 4.18. The van der Waals surface area contributed by atoms with Gasteiger partial charge in [0.1, 0.15) is 18.3 Å². The number of nitrogen functional groups attached to an aromatic ring is 1. The number of hydrogen-bond acceptors (Lipinski definition) is 7. The maximum atomic E-state index is 13.2. The molecule has 1 aromatic heterocycles. The average molecular weight is 261 g/mol. The lowest BCUT2D eigenvalue weighted by Crippen LogP contribution is -2.36. The molecule has 2 heterocycles. The predicted molar refractivity (Wildman–Crippen MR) is 55.9 cm³/mol. The van der Waals surface area contributed by atoms with Crippen molar-refractivity contribution in [1.29, 1.82) is 0 Å². The van der Waals surface area contributed by atoms with Crippen LogP contribution in [0.3, 0.4) is 0 Å². The lowest BCUT2D eigenvalue weighted by Gasteiger charge is -2.17. The highest BCUT2D eigenvalue weighted by atomic mass is 19.1. The number of hydrogen-bond donors (Lipinski definition) is 4. The van der Waals surface area contributed by atoms with Gasteiger partial charge in [-0.25, -0.2) is 9.18 Å². The van der Waals surface area contributed by atoms with Crippen LogP contribution in [0.5, 0.6) is 0 Å². The van der Waals surface area contributed by atoms with Crippen molar-refractivity contribution in [1.82, 2.24) is 9.55 Å². The van der Waals surface area contributed by atoms with E-state index in [4.69, 9.17) is 15.6 Å². The van der Waals surface area contributed by atoms with Crippen molar-refractivity contribution in [3.05, 3.63) is 22.5 Å². The number of nitrogens with two attached hydrogens (primary N) is 1. The van der Waals surface area contributed by atoms with Gasteiger partial charge in [0, 0.05) is 0 Å². The Balaban J connectivity index is 2.39. The first-order valence-electron chi connectivity index (χ1n) is 5.12. The monoisotopic (exact) mass is 261 g/mol. The molecule has 0 spiro atoms. The second kappa shape index (κ2) is 4.61. The van der Waals surface area contributed by atoms with Crippen molar-refractivity contribution in [3.63, 3.8) is 0 Å². The molecule has 1 aromatic rings. The van der Waals surface area contributed by atoms with Gasteiger partial charge in [-0.05, 0) is 0 Å². The maximum Gasteiger partial charge on any atom is 0.351 e. The fourth-order valence-electron chi connectivity index (χ4n) is 1.75. The Bertz CT molecular complexity index is 507. The number of nitrogens with zero attached hydrogens (tertiary/aromatic N) is 2. The van der Waals surface area contributed by atoms with Gasteiger partial charge in [0.2, 0.25) is 0 Å². The second-order valence-electron chi connectivity index (χ2n) is 3.89. The van der Waals surface area contributed by atoms with Gasteiger partial charge in [-0.1, -0.05) is 0 Å². The molecule has 0 aliphatic carbocycles. The molecule has 0 saturated carbocycles. The normalized spacial score (nSPS) is 31.8. The molecule has 4 atom stereocenters. The number of anilines is 1. The molecule has 5 N–H and O–H groups in total. The summed E-state index contributed by atoms with van der Waals surface area (Å²) in [6, 6.07) is 0. The van der Waals surface area contributed by atoms with E-state index >= 15 is 0 Å². The number of aromatic nitrogens is 2. The number of ether oxygens (including phenoxy) is 1. The third-order valence-corrected chi connectivity index (χ3v) is 2.73. The summed E-state index contributed by atoms with van der Waals surface area (Å²) in [5.74, 6) is -1.52. The van der Waals surface area contributed by atoms with E-state index in [0.29, 0.717) is 4.57 Å². The first-order valence-corrected chi connectivity index (χ1v) is 5.12. The highest BCUT2D eigenvalue weighted by Gasteiger charge is 2.43. The highest BCUT2D eigenvalue weighted by Crippen LogP contribution is 2.28. The smallest absolute Gasteiger partial charge is 0.351 e. The minimum absolute atomic E-state index is 0.547. The van der Waals surface area contributed by atoms with Gasteiger partial charge in [0.15, 0.2) is 17.9 Å². The fraction of sp³-hybridized carbons (Fsp3) is 0.556. The number of aliphatic hydroxyl groups is 3. The molecule has 8 nitrogen and oxygen atoms in total. The Kier molecular flexibility index (Phi) is 3.30. The Morgan fingerprint density at radius 3 is 2.72 bits per heavy atom. The zero-order chi connectivity index (χ0) is 13.4. The molecule has 0 bridgehead atoms. The van der Waals surface area contributed by atoms with Crippen LogP contribution >= 0.6 is 0 Å². The molecule has 0 aromatic carbocycles. The van der Waals surface area contributed by atoms with Crippen LogP contribution in [0.4, 0.5) is 10.2 Å². The molecule has 9 heteroatoms. The predicted octanol–water partition coefficient (Wildman–Crippen LogP) is -2.42. The summed E-state index contributed by atoms with van der Waals surface area (Å²) >= 11 is 0. The van der Waals surface area contributed by atoms with Crippen LogP contribution in [0, 0.1) is 5.82 Å². The molecule has 100 valence electrons. The van der Waals surface area contributed by atoms with Gasteiger partial charge in [0.25, 0.3) is 0 Å². The zero-order valence-electron chi connectivity index (χ0n) is 9.10. The highest BCUT2D eigenvalue weighted by molar-refractivity contribution is 5.26. The van der Waals surface area contributed by atoms with Crippen LogP contribution < -0.4 is 11.4 Å². The van der Waals surface area contributed by atoms with Crippen molar-refractivity contribution in [2.24, 2.45) is 0 Å². The quantitative estimate of drug-likeness (QED) is 0.465. The van der Waals surface area contributed by atoms with Gasteiger partial charge >= 0.3 is 5.69 Å². The van der Waals surface area contributed by atoms with Crippen LogP contribution in [-0.2, 0) is 4.74 Å². The summed E-state index contributed by atoms with van der Waals surface area (Å²) in [6.07, 6.45) is -4.52. The number of halogens is 1. The van der Waals surface area contributed by atoms with Crippen LogP contribution in [0.1, 0.15) is 6.23 Å². The number of rotatable bonds is 2. The summed E-state index contributed by atoms with van der Waals surface area (Å²) in [6.45, 7) is -0.547. The molecule has 1 aliphatic heterocycles. The third kappa shape index (κ3) is 1.97. The summed E-state index contributed by atoms with van der Waals surface area (Å²) < 4.78 is 19.0. The molecular formula is C9H12FN3O5. The van der Waals surface area contributed by atoms with Crippen molar-refractivity contribution >= 4 is 5.82 Å². The zero-order valence-corrected chi connectivity index (χ0v) is 9.10. The average Bonchev–Trinajstić information content (AvgIpc) is 2.61. The minimum Gasteiger partial charge on any atom is -0.394 e. The molecule has 1 aliphatic rings. The van der Waals surface area contributed by atoms with Crippen LogP contribution in [-0.4, -0.2) is 49.8 Å². The van der Waals surface area contributed by atoms with Gasteiger partial charge in [-0.2, -0.15) is 4.98 Å². The minimum atomic E-state index is -1.48. The topological polar surface area (TPSA) is 131 Å². The molecular weight excluding hydrogens is 249 g/mol. The SMILES string of the molecule is Nc1nc(=O)n(C2O[C@@H](CO)[C@H](O)[C@H]2O)cc1F. The van der Waals surface area contributed by atoms with Crippen LogP contribution in [0.25, 0.3) is 0 Å². The molecule has 18 heavy (non-hydrogen) atoms. The van der Waals surface area contributed by atoms with Gasteiger partial charge in [0.05, 0.1) is 12.8 Å². The van der Waals surface area contributed by atoms with Gasteiger partial charge < -0.3 is 25.8 Å². The fourth-order valence-corrected chi connectivity index (χ4v) is 1.75. The van der Waals surface area contributed by atoms with E-state index < -0.39 is 48.5 Å². The summed E-state index contributed by atoms with van der Waals surface area (Å²) in [5, 5.41) is 28.1. The van der Waals surface area contributed by atoms with Crippen LogP contribution in [0.15, 0.2) is 11.0 Å². The first-order chi connectivity index (χ1) is 8.45. The third-order valence-electron chi connectivity index (χ3n) is 2.73. The van der Waals surface area contributed by atoms with Crippen molar-refractivity contribution in [2.75, 3.05) is 12.3 Å². The molecule has 0 amide bonds. The second-order valence-corrected chi connectivity index (χ2v) is 3.89. The van der Waals surface area contributed by atoms with E-state index in [0.717, 1.165) is 6.20 Å². The Hall–Kier alpha value is -1.55.